The molecule has 0 aromatic rings. The van der Waals surface area contributed by atoms with Crippen LogP contribution in [0.15, 0.2) is 0 Å². The molecule has 0 radical (unpaired) electrons. The Kier molecular flexibility index (Phi) is 3.61. The standard InChI is InChI=1S/C11H24N4/c1-3-9(2)11(13-12)10-8-14-4-6-15(10)7-5-14/h9-11,13H,3-8,12H2,1-2H3. The van der Waals surface area contributed by atoms with Crippen molar-refractivity contribution in [3.63, 3.8) is 0 Å². The van der Waals surface area contributed by atoms with E-state index in [9.17, 15) is 0 Å². The Bertz CT molecular complexity index is 201. The topological polar surface area (TPSA) is 44.5 Å². The van der Waals surface area contributed by atoms with E-state index in [2.05, 4.69) is 29.1 Å². The third-order valence-electron chi connectivity index (χ3n) is 4.19. The lowest BCUT2D eigenvalue weighted by molar-refractivity contribution is -0.0122. The first kappa shape index (κ1) is 11.3. The lowest BCUT2D eigenvalue weighted by Gasteiger charge is -2.51. The molecule has 0 saturated carbocycles. The SMILES string of the molecule is CCC(C)C(NN)C1CN2CCN1CC2. The van der Waals surface area contributed by atoms with Crippen LogP contribution >= 0.6 is 0 Å². The normalized spacial score (nSPS) is 39.0. The van der Waals surface area contributed by atoms with E-state index in [1.807, 2.05) is 0 Å². The molecule has 0 spiro atoms. The number of rotatable bonds is 4. The number of nitrogens with two attached hydrogens (primary N) is 1. The second kappa shape index (κ2) is 4.78. The van der Waals surface area contributed by atoms with Crippen LogP contribution in [-0.2, 0) is 0 Å². The molecule has 3 aliphatic heterocycles. The molecule has 3 saturated heterocycles. The molecule has 3 rings (SSSR count). The Morgan fingerprint density at radius 1 is 1.33 bits per heavy atom. The van der Waals surface area contributed by atoms with Crippen LogP contribution in [0.3, 0.4) is 0 Å². The van der Waals surface area contributed by atoms with Crippen molar-refractivity contribution >= 4 is 0 Å². The van der Waals surface area contributed by atoms with Gasteiger partial charge in [-0.25, -0.2) is 0 Å². The molecule has 2 bridgehead atoms. The molecule has 3 fully saturated rings. The quantitative estimate of drug-likeness (QED) is 0.503. The second-order valence-corrected chi connectivity index (χ2v) is 4.98. The van der Waals surface area contributed by atoms with Crippen molar-refractivity contribution in [3.8, 4) is 0 Å². The third kappa shape index (κ3) is 2.18. The van der Waals surface area contributed by atoms with Gasteiger partial charge in [-0.2, -0.15) is 0 Å². The van der Waals surface area contributed by atoms with Crippen molar-refractivity contribution in [1.29, 1.82) is 0 Å². The fourth-order valence-corrected chi connectivity index (χ4v) is 2.91. The average Bonchev–Trinajstić information content (AvgIpc) is 2.31. The van der Waals surface area contributed by atoms with Gasteiger partial charge in [-0.15, -0.1) is 0 Å². The van der Waals surface area contributed by atoms with E-state index in [4.69, 9.17) is 5.84 Å². The van der Waals surface area contributed by atoms with Crippen molar-refractivity contribution in [3.05, 3.63) is 0 Å². The molecular weight excluding hydrogens is 188 g/mol. The van der Waals surface area contributed by atoms with Gasteiger partial charge in [0.05, 0.1) is 0 Å². The fraction of sp³-hybridized carbons (Fsp3) is 1.00. The van der Waals surface area contributed by atoms with Gasteiger partial charge in [0, 0.05) is 44.8 Å². The van der Waals surface area contributed by atoms with Crippen LogP contribution in [0.5, 0.6) is 0 Å². The summed E-state index contributed by atoms with van der Waals surface area (Å²) in [6.07, 6.45) is 1.19. The number of fused-ring (bicyclic) bond motifs is 3. The maximum Gasteiger partial charge on any atom is 0.0404 e. The van der Waals surface area contributed by atoms with Crippen molar-refractivity contribution in [1.82, 2.24) is 15.2 Å². The zero-order valence-electron chi connectivity index (χ0n) is 9.95. The molecule has 3 heterocycles. The minimum Gasteiger partial charge on any atom is -0.299 e. The van der Waals surface area contributed by atoms with Gasteiger partial charge in [0.25, 0.3) is 0 Å². The van der Waals surface area contributed by atoms with Crippen LogP contribution in [0.4, 0.5) is 0 Å². The highest BCUT2D eigenvalue weighted by atomic mass is 15.4. The van der Waals surface area contributed by atoms with Crippen molar-refractivity contribution in [2.75, 3.05) is 32.7 Å². The second-order valence-electron chi connectivity index (χ2n) is 4.98. The van der Waals surface area contributed by atoms with E-state index < -0.39 is 0 Å². The van der Waals surface area contributed by atoms with E-state index >= 15 is 0 Å². The summed E-state index contributed by atoms with van der Waals surface area (Å²) in [5.41, 5.74) is 3.04. The summed E-state index contributed by atoms with van der Waals surface area (Å²) in [6.45, 7) is 10.7. The smallest absolute Gasteiger partial charge is 0.0404 e. The fourth-order valence-electron chi connectivity index (χ4n) is 2.91. The average molecular weight is 212 g/mol. The monoisotopic (exact) mass is 212 g/mol. The van der Waals surface area contributed by atoms with Gasteiger partial charge in [0.2, 0.25) is 0 Å². The third-order valence-corrected chi connectivity index (χ3v) is 4.19. The van der Waals surface area contributed by atoms with E-state index in [0.717, 1.165) is 0 Å². The molecule has 3 atom stereocenters. The van der Waals surface area contributed by atoms with Crippen molar-refractivity contribution < 1.29 is 0 Å². The largest absolute Gasteiger partial charge is 0.299 e. The molecule has 4 heteroatoms. The molecule has 3 N–H and O–H groups in total. The van der Waals surface area contributed by atoms with E-state index in [1.54, 1.807) is 0 Å². The highest BCUT2D eigenvalue weighted by molar-refractivity contribution is 4.95. The number of nitrogens with one attached hydrogen (secondary N) is 1. The summed E-state index contributed by atoms with van der Waals surface area (Å²) in [5, 5.41) is 0. The zero-order valence-corrected chi connectivity index (χ0v) is 9.95. The maximum atomic E-state index is 5.72. The molecule has 0 amide bonds. The van der Waals surface area contributed by atoms with Gasteiger partial charge in [-0.1, -0.05) is 20.3 Å². The molecule has 0 aromatic heterocycles. The molecule has 15 heavy (non-hydrogen) atoms. The minimum atomic E-state index is 0.443. The molecule has 3 aliphatic rings. The number of hydrogen-bond donors (Lipinski definition) is 2. The Labute approximate surface area is 92.8 Å². The molecule has 88 valence electrons. The number of hydrazine groups is 1. The van der Waals surface area contributed by atoms with Gasteiger partial charge in [-0.05, 0) is 5.92 Å². The van der Waals surface area contributed by atoms with Crippen molar-refractivity contribution in [2.45, 2.75) is 32.4 Å². The maximum absolute atomic E-state index is 5.72. The minimum absolute atomic E-state index is 0.443. The Morgan fingerprint density at radius 2 is 2.00 bits per heavy atom. The van der Waals surface area contributed by atoms with Crippen LogP contribution < -0.4 is 11.3 Å². The predicted molar refractivity (Wildman–Crippen MR) is 62.4 cm³/mol. The van der Waals surface area contributed by atoms with E-state index in [0.29, 0.717) is 18.0 Å². The first-order valence-corrected chi connectivity index (χ1v) is 6.18. The van der Waals surface area contributed by atoms with Gasteiger partial charge < -0.3 is 0 Å². The van der Waals surface area contributed by atoms with Gasteiger partial charge in [0.15, 0.2) is 0 Å². The molecule has 0 aromatic carbocycles. The van der Waals surface area contributed by atoms with Crippen molar-refractivity contribution in [2.24, 2.45) is 11.8 Å². The summed E-state index contributed by atoms with van der Waals surface area (Å²) in [6, 6.07) is 1.06. The van der Waals surface area contributed by atoms with Crippen LogP contribution in [0.1, 0.15) is 20.3 Å². The first-order chi connectivity index (χ1) is 7.26. The number of piperazine rings is 3. The van der Waals surface area contributed by atoms with Gasteiger partial charge in [-0.3, -0.25) is 21.1 Å². The highest BCUT2D eigenvalue weighted by Gasteiger charge is 2.37. The van der Waals surface area contributed by atoms with E-state index in [1.165, 1.54) is 39.1 Å². The van der Waals surface area contributed by atoms with Gasteiger partial charge >= 0.3 is 0 Å². The lowest BCUT2D eigenvalue weighted by Crippen LogP contribution is -2.68. The number of hydrogen-bond acceptors (Lipinski definition) is 4. The molecular formula is C11H24N4. The summed E-state index contributed by atoms with van der Waals surface area (Å²) >= 11 is 0. The summed E-state index contributed by atoms with van der Waals surface area (Å²) in [5.74, 6) is 6.37. The van der Waals surface area contributed by atoms with E-state index in [-0.39, 0.29) is 0 Å². The summed E-state index contributed by atoms with van der Waals surface area (Å²) < 4.78 is 0. The Hall–Kier alpha value is -0.160. The van der Waals surface area contributed by atoms with Crippen LogP contribution in [0.2, 0.25) is 0 Å². The Morgan fingerprint density at radius 3 is 2.40 bits per heavy atom. The summed E-state index contributed by atoms with van der Waals surface area (Å²) in [7, 11) is 0. The van der Waals surface area contributed by atoms with Crippen LogP contribution in [-0.4, -0.2) is 54.6 Å². The van der Waals surface area contributed by atoms with Crippen LogP contribution in [0, 0.1) is 5.92 Å². The zero-order chi connectivity index (χ0) is 10.8. The Balaban J connectivity index is 2.01. The molecule has 0 aliphatic carbocycles. The highest BCUT2D eigenvalue weighted by Crippen LogP contribution is 2.22. The first-order valence-electron chi connectivity index (χ1n) is 6.18. The lowest BCUT2D eigenvalue weighted by atomic mass is 9.89. The van der Waals surface area contributed by atoms with Crippen LogP contribution in [0.25, 0.3) is 0 Å². The van der Waals surface area contributed by atoms with Gasteiger partial charge in [0.1, 0.15) is 0 Å². The number of nitrogens with zero attached hydrogens (tertiary/aromatic N) is 2. The predicted octanol–water partition coefficient (Wildman–Crippen LogP) is -0.136. The summed E-state index contributed by atoms with van der Waals surface area (Å²) in [4.78, 5) is 5.17. The molecule has 4 nitrogen and oxygen atoms in total. The molecule has 3 unspecified atom stereocenters.